The summed E-state index contributed by atoms with van der Waals surface area (Å²) in [5.74, 6) is 3.84. The first-order chi connectivity index (χ1) is 7.06. The highest BCUT2D eigenvalue weighted by atomic mass is 28.3. The summed E-state index contributed by atoms with van der Waals surface area (Å²) >= 11 is 0. The Hall–Kier alpha value is -1.60. The molecule has 3 nitrogen and oxygen atoms in total. The zero-order valence-electron chi connectivity index (χ0n) is 9.15. The second-order valence-electron chi connectivity index (χ2n) is 4.45. The number of aromatic nitrogens is 3. The van der Waals surface area contributed by atoms with Crippen LogP contribution < -0.4 is 0 Å². The number of hydrogen-bond donors (Lipinski definition) is 0. The fourth-order valence-electron chi connectivity index (χ4n) is 1.17. The largest absolute Gasteiger partial charge is 0.276 e. The van der Waals surface area contributed by atoms with E-state index in [0.717, 1.165) is 11.5 Å². The monoisotopic (exact) mass is 215 g/mol. The van der Waals surface area contributed by atoms with Gasteiger partial charge in [0.15, 0.2) is 5.65 Å². The van der Waals surface area contributed by atoms with E-state index in [-0.39, 0.29) is 0 Å². The molecule has 0 aliphatic rings. The van der Waals surface area contributed by atoms with Crippen molar-refractivity contribution in [3.8, 4) is 11.5 Å². The van der Waals surface area contributed by atoms with E-state index in [1.165, 1.54) is 0 Å². The molecule has 2 rings (SSSR count). The zero-order valence-corrected chi connectivity index (χ0v) is 10.2. The van der Waals surface area contributed by atoms with Gasteiger partial charge >= 0.3 is 0 Å². The van der Waals surface area contributed by atoms with Gasteiger partial charge in [0.25, 0.3) is 0 Å². The Morgan fingerprint density at radius 3 is 2.73 bits per heavy atom. The van der Waals surface area contributed by atoms with Crippen molar-refractivity contribution in [2.75, 3.05) is 0 Å². The fraction of sp³-hybridized carbons (Fsp3) is 0.273. The summed E-state index contributed by atoms with van der Waals surface area (Å²) in [5.41, 5.74) is 4.13. The van der Waals surface area contributed by atoms with Crippen LogP contribution >= 0.6 is 0 Å². The van der Waals surface area contributed by atoms with Crippen LogP contribution in [0.15, 0.2) is 24.4 Å². The third kappa shape index (κ3) is 2.25. The molecule has 0 unspecified atom stereocenters. The van der Waals surface area contributed by atoms with Crippen LogP contribution in [0.4, 0.5) is 0 Å². The summed E-state index contributed by atoms with van der Waals surface area (Å²) in [7, 11) is -1.34. The maximum absolute atomic E-state index is 4.06. The van der Waals surface area contributed by atoms with Crippen LogP contribution in [-0.2, 0) is 0 Å². The van der Waals surface area contributed by atoms with Crippen molar-refractivity contribution < 1.29 is 0 Å². The van der Waals surface area contributed by atoms with E-state index >= 15 is 0 Å². The van der Waals surface area contributed by atoms with E-state index in [1.807, 2.05) is 28.8 Å². The topological polar surface area (TPSA) is 30.2 Å². The normalized spacial score (nSPS) is 11.1. The molecule has 2 aromatic rings. The highest BCUT2D eigenvalue weighted by Crippen LogP contribution is 2.02. The van der Waals surface area contributed by atoms with E-state index in [0.29, 0.717) is 0 Å². The van der Waals surface area contributed by atoms with Gasteiger partial charge < -0.3 is 0 Å². The van der Waals surface area contributed by atoms with Crippen LogP contribution in [0.3, 0.4) is 0 Å². The van der Waals surface area contributed by atoms with Crippen LogP contribution in [0.1, 0.15) is 5.82 Å². The molecular formula is C11H13N3Si. The minimum atomic E-state index is -1.34. The molecule has 0 radical (unpaired) electrons. The van der Waals surface area contributed by atoms with Gasteiger partial charge in [-0.1, -0.05) is 25.7 Å². The Kier molecular flexibility index (Phi) is 2.33. The summed E-state index contributed by atoms with van der Waals surface area (Å²) < 4.78 is 1.91. The molecule has 0 fully saturated rings. The first kappa shape index (κ1) is 9.93. The highest BCUT2D eigenvalue weighted by Gasteiger charge is 2.08. The maximum atomic E-state index is 4.06. The summed E-state index contributed by atoms with van der Waals surface area (Å²) in [4.78, 5) is 0. The Bertz CT molecular complexity index is 540. The molecule has 15 heavy (non-hydrogen) atoms. The van der Waals surface area contributed by atoms with Crippen molar-refractivity contribution in [2.24, 2.45) is 0 Å². The van der Waals surface area contributed by atoms with Crippen molar-refractivity contribution in [3.05, 3.63) is 30.2 Å². The molecule has 2 aromatic heterocycles. The Morgan fingerprint density at radius 2 is 2.00 bits per heavy atom. The quantitative estimate of drug-likeness (QED) is 0.497. The van der Waals surface area contributed by atoms with Gasteiger partial charge in [-0.05, 0) is 18.1 Å². The number of pyridine rings is 1. The lowest BCUT2D eigenvalue weighted by Gasteiger charge is -2.02. The maximum Gasteiger partial charge on any atom is 0.211 e. The van der Waals surface area contributed by atoms with Crippen LogP contribution in [0.2, 0.25) is 19.6 Å². The molecule has 0 saturated carbocycles. The number of nitrogens with zero attached hydrogens (tertiary/aromatic N) is 3. The van der Waals surface area contributed by atoms with Crippen molar-refractivity contribution in [3.63, 3.8) is 0 Å². The van der Waals surface area contributed by atoms with E-state index in [9.17, 15) is 0 Å². The minimum absolute atomic E-state index is 0.730. The van der Waals surface area contributed by atoms with Gasteiger partial charge in [-0.15, -0.1) is 15.7 Å². The van der Waals surface area contributed by atoms with Crippen molar-refractivity contribution in [2.45, 2.75) is 19.6 Å². The van der Waals surface area contributed by atoms with E-state index in [2.05, 4.69) is 41.3 Å². The van der Waals surface area contributed by atoms with E-state index in [4.69, 9.17) is 0 Å². The summed E-state index contributed by atoms with van der Waals surface area (Å²) in [6.45, 7) is 6.63. The second-order valence-corrected chi connectivity index (χ2v) is 9.20. The van der Waals surface area contributed by atoms with Gasteiger partial charge in [0.1, 0.15) is 8.07 Å². The molecule has 0 N–H and O–H groups in total. The minimum Gasteiger partial charge on any atom is -0.276 e. The van der Waals surface area contributed by atoms with Crippen molar-refractivity contribution in [1.29, 1.82) is 0 Å². The number of hydrogen-bond acceptors (Lipinski definition) is 2. The fourth-order valence-corrected chi connectivity index (χ4v) is 1.66. The van der Waals surface area contributed by atoms with Gasteiger partial charge in [0.05, 0.1) is 0 Å². The molecule has 0 atom stereocenters. The molecule has 2 heterocycles. The summed E-state index contributed by atoms with van der Waals surface area (Å²) in [6, 6.07) is 5.82. The average molecular weight is 215 g/mol. The third-order valence-electron chi connectivity index (χ3n) is 1.86. The molecule has 0 amide bonds. The smallest absolute Gasteiger partial charge is 0.211 e. The van der Waals surface area contributed by atoms with Crippen molar-refractivity contribution in [1.82, 2.24) is 14.6 Å². The lowest BCUT2D eigenvalue weighted by Crippen LogP contribution is -2.16. The lowest BCUT2D eigenvalue weighted by molar-refractivity contribution is 1.07. The van der Waals surface area contributed by atoms with Crippen molar-refractivity contribution >= 4 is 13.7 Å². The molecule has 0 aliphatic carbocycles. The third-order valence-corrected chi connectivity index (χ3v) is 2.74. The van der Waals surface area contributed by atoms with Crippen LogP contribution in [-0.4, -0.2) is 22.7 Å². The highest BCUT2D eigenvalue weighted by molar-refractivity contribution is 6.83. The standard InChI is InChI=1S/C11H13N3Si/c1-15(2,3)9-7-11-13-12-10-6-4-5-8-14(10)11/h4-6,8H,1-3H3. The molecule has 0 bridgehead atoms. The van der Waals surface area contributed by atoms with Gasteiger partial charge in [0.2, 0.25) is 5.82 Å². The number of rotatable bonds is 0. The molecule has 0 aromatic carbocycles. The molecule has 0 aliphatic heterocycles. The predicted molar refractivity (Wildman–Crippen MR) is 63.2 cm³/mol. The summed E-state index contributed by atoms with van der Waals surface area (Å²) in [6.07, 6.45) is 1.93. The average Bonchev–Trinajstić information content (AvgIpc) is 2.57. The molecule has 4 heteroatoms. The SMILES string of the molecule is C[Si](C)(C)C#Cc1nnc2ccccn12. The number of fused-ring (bicyclic) bond motifs is 1. The Labute approximate surface area is 90.2 Å². The van der Waals surface area contributed by atoms with E-state index < -0.39 is 8.07 Å². The zero-order chi connectivity index (χ0) is 10.9. The first-order valence-corrected chi connectivity index (χ1v) is 8.39. The Balaban J connectivity index is 2.48. The second kappa shape index (κ2) is 3.52. The van der Waals surface area contributed by atoms with Crippen LogP contribution in [0.25, 0.3) is 5.65 Å². The first-order valence-electron chi connectivity index (χ1n) is 4.89. The molecule has 0 spiro atoms. The molecule has 76 valence electrons. The predicted octanol–water partition coefficient (Wildman–Crippen LogP) is 1.96. The van der Waals surface area contributed by atoms with Crippen LogP contribution in [0.5, 0.6) is 0 Å². The van der Waals surface area contributed by atoms with Gasteiger partial charge in [-0.2, -0.15) is 0 Å². The van der Waals surface area contributed by atoms with Gasteiger partial charge in [-0.3, -0.25) is 4.40 Å². The van der Waals surface area contributed by atoms with Gasteiger partial charge in [-0.25, -0.2) is 0 Å². The van der Waals surface area contributed by atoms with Crippen LogP contribution in [0, 0.1) is 11.5 Å². The molecular weight excluding hydrogens is 202 g/mol. The molecule has 0 saturated heterocycles. The Morgan fingerprint density at radius 1 is 1.20 bits per heavy atom. The summed E-state index contributed by atoms with van der Waals surface area (Å²) in [5, 5.41) is 8.11. The van der Waals surface area contributed by atoms with E-state index in [1.54, 1.807) is 0 Å². The van der Waals surface area contributed by atoms with Gasteiger partial charge in [0, 0.05) is 6.20 Å². The lowest BCUT2D eigenvalue weighted by atomic mass is 10.5.